The van der Waals surface area contributed by atoms with Gasteiger partial charge in [-0.3, -0.25) is 9.59 Å². The van der Waals surface area contributed by atoms with Crippen molar-refractivity contribution in [1.82, 2.24) is 15.5 Å². The first-order valence-corrected chi connectivity index (χ1v) is 8.34. The second-order valence-electron chi connectivity index (χ2n) is 6.46. The van der Waals surface area contributed by atoms with E-state index in [2.05, 4.69) is 15.5 Å². The van der Waals surface area contributed by atoms with E-state index >= 15 is 0 Å². The molecule has 2 atom stereocenters. The van der Waals surface area contributed by atoms with E-state index in [9.17, 15) is 9.59 Å². The molecule has 24 heavy (non-hydrogen) atoms. The summed E-state index contributed by atoms with van der Waals surface area (Å²) in [6.07, 6.45) is 1.56. The number of amides is 2. The highest BCUT2D eigenvalue weighted by Crippen LogP contribution is 2.38. The van der Waals surface area contributed by atoms with E-state index in [-0.39, 0.29) is 23.7 Å². The molecule has 2 N–H and O–H groups in total. The van der Waals surface area contributed by atoms with E-state index in [0.29, 0.717) is 19.5 Å². The Balaban J connectivity index is 1.66. The van der Waals surface area contributed by atoms with E-state index in [1.54, 1.807) is 7.11 Å². The number of nitrogens with zero attached hydrogens (tertiary/aromatic N) is 1. The van der Waals surface area contributed by atoms with Crippen LogP contribution in [-0.4, -0.2) is 51.0 Å². The molecule has 0 aliphatic heterocycles. The first kappa shape index (κ1) is 18.3. The van der Waals surface area contributed by atoms with E-state index in [0.717, 1.165) is 24.3 Å². The zero-order valence-corrected chi connectivity index (χ0v) is 14.7. The third-order valence-corrected chi connectivity index (χ3v) is 4.17. The van der Waals surface area contributed by atoms with Crippen LogP contribution < -0.4 is 15.4 Å². The minimum absolute atomic E-state index is 0.00152. The number of carbonyl (C=O) groups excluding carboxylic acids is 2. The maximum Gasteiger partial charge on any atom is 0.224 e. The molecular formula is C18H27N3O3. The topological polar surface area (TPSA) is 70.7 Å². The molecule has 0 spiro atoms. The van der Waals surface area contributed by atoms with Gasteiger partial charge in [0.1, 0.15) is 5.75 Å². The van der Waals surface area contributed by atoms with Crippen molar-refractivity contribution in [3.05, 3.63) is 29.8 Å². The Morgan fingerprint density at radius 1 is 1.12 bits per heavy atom. The lowest BCUT2D eigenvalue weighted by Crippen LogP contribution is -2.31. The van der Waals surface area contributed by atoms with Crippen molar-refractivity contribution >= 4 is 11.8 Å². The molecule has 2 unspecified atom stereocenters. The summed E-state index contributed by atoms with van der Waals surface area (Å²) in [6, 6.07) is 7.56. The van der Waals surface area contributed by atoms with Crippen LogP contribution in [0, 0.1) is 11.8 Å². The Hall–Kier alpha value is -2.08. The lowest BCUT2D eigenvalue weighted by molar-refractivity contribution is -0.127. The quantitative estimate of drug-likeness (QED) is 0.662. The molecule has 1 fully saturated rings. The Morgan fingerprint density at radius 2 is 1.75 bits per heavy atom. The number of carbonyl (C=O) groups is 2. The molecule has 1 saturated carbocycles. The summed E-state index contributed by atoms with van der Waals surface area (Å²) in [5.41, 5.74) is 1.01. The van der Waals surface area contributed by atoms with Crippen molar-refractivity contribution in [2.45, 2.75) is 19.4 Å². The first-order valence-electron chi connectivity index (χ1n) is 8.34. The molecule has 6 nitrogen and oxygen atoms in total. The number of nitrogens with one attached hydrogen (secondary N) is 2. The lowest BCUT2D eigenvalue weighted by atomic mass is 10.2. The minimum atomic E-state index is -0.183. The van der Waals surface area contributed by atoms with E-state index < -0.39 is 0 Å². The molecule has 0 saturated heterocycles. The van der Waals surface area contributed by atoms with Gasteiger partial charge in [-0.2, -0.15) is 0 Å². The highest BCUT2D eigenvalue weighted by molar-refractivity contribution is 5.92. The van der Waals surface area contributed by atoms with Gasteiger partial charge in [-0.05, 0) is 51.2 Å². The van der Waals surface area contributed by atoms with Gasteiger partial charge in [0.05, 0.1) is 18.9 Å². The maximum absolute atomic E-state index is 12.1. The van der Waals surface area contributed by atoms with Crippen LogP contribution in [0.15, 0.2) is 24.3 Å². The molecule has 1 aliphatic carbocycles. The standard InChI is InChI=1S/C18H27N3O3/c1-21(2)10-4-9-19-17(22)15-11-16(15)18(23)20-12-13-5-7-14(24-3)8-6-13/h5-8,15-16H,4,9-12H2,1-3H3,(H,19,22)(H,20,23). The molecule has 1 aliphatic rings. The summed E-state index contributed by atoms with van der Waals surface area (Å²) in [6.45, 7) is 2.07. The van der Waals surface area contributed by atoms with Crippen LogP contribution >= 0.6 is 0 Å². The Labute approximate surface area is 143 Å². The van der Waals surface area contributed by atoms with Crippen LogP contribution in [0.1, 0.15) is 18.4 Å². The van der Waals surface area contributed by atoms with Gasteiger partial charge in [0, 0.05) is 13.1 Å². The SMILES string of the molecule is COc1ccc(CNC(=O)C2CC2C(=O)NCCCN(C)C)cc1. The van der Waals surface area contributed by atoms with Crippen LogP contribution in [0.2, 0.25) is 0 Å². The fourth-order valence-electron chi connectivity index (χ4n) is 2.58. The molecule has 6 heteroatoms. The van der Waals surface area contributed by atoms with Crippen LogP contribution in [0.5, 0.6) is 5.75 Å². The van der Waals surface area contributed by atoms with Gasteiger partial charge >= 0.3 is 0 Å². The second-order valence-corrected chi connectivity index (χ2v) is 6.46. The van der Waals surface area contributed by atoms with Crippen molar-refractivity contribution in [3.63, 3.8) is 0 Å². The Bertz CT molecular complexity index is 557. The molecule has 132 valence electrons. The number of ether oxygens (including phenoxy) is 1. The van der Waals surface area contributed by atoms with Crippen LogP contribution in [-0.2, 0) is 16.1 Å². The van der Waals surface area contributed by atoms with Gasteiger partial charge in [0.25, 0.3) is 0 Å². The largest absolute Gasteiger partial charge is 0.497 e. The van der Waals surface area contributed by atoms with Crippen molar-refractivity contribution < 1.29 is 14.3 Å². The summed E-state index contributed by atoms with van der Waals surface area (Å²) in [7, 11) is 5.63. The number of benzene rings is 1. The lowest BCUT2D eigenvalue weighted by Gasteiger charge is -2.10. The van der Waals surface area contributed by atoms with Crippen molar-refractivity contribution in [1.29, 1.82) is 0 Å². The molecule has 0 heterocycles. The minimum Gasteiger partial charge on any atom is -0.497 e. The molecule has 0 aromatic heterocycles. The van der Waals surface area contributed by atoms with Gasteiger partial charge in [0.15, 0.2) is 0 Å². The molecule has 2 amide bonds. The normalized spacial score (nSPS) is 19.0. The molecule has 0 bridgehead atoms. The Kier molecular flexibility index (Phi) is 6.61. The zero-order valence-electron chi connectivity index (χ0n) is 14.7. The molecule has 2 rings (SSSR count). The number of rotatable bonds is 9. The molecule has 1 aromatic carbocycles. The summed E-state index contributed by atoms with van der Waals surface area (Å²) in [5, 5.41) is 5.81. The highest BCUT2D eigenvalue weighted by Gasteiger charge is 2.47. The monoisotopic (exact) mass is 333 g/mol. The van der Waals surface area contributed by atoms with Crippen LogP contribution in [0.3, 0.4) is 0 Å². The van der Waals surface area contributed by atoms with E-state index in [1.165, 1.54) is 0 Å². The summed E-state index contributed by atoms with van der Waals surface area (Å²) in [5.74, 6) is 0.396. The smallest absolute Gasteiger partial charge is 0.224 e. The first-order chi connectivity index (χ1) is 11.5. The number of hydrogen-bond acceptors (Lipinski definition) is 4. The molecular weight excluding hydrogens is 306 g/mol. The molecule has 0 radical (unpaired) electrons. The van der Waals surface area contributed by atoms with Gasteiger partial charge in [0.2, 0.25) is 11.8 Å². The van der Waals surface area contributed by atoms with E-state index in [4.69, 9.17) is 4.74 Å². The third-order valence-electron chi connectivity index (χ3n) is 4.17. The average molecular weight is 333 g/mol. The molecule has 1 aromatic rings. The maximum atomic E-state index is 12.1. The fraction of sp³-hybridized carbons (Fsp3) is 0.556. The zero-order chi connectivity index (χ0) is 17.5. The van der Waals surface area contributed by atoms with Crippen LogP contribution in [0.4, 0.5) is 0 Å². The van der Waals surface area contributed by atoms with Crippen molar-refractivity contribution in [3.8, 4) is 5.75 Å². The van der Waals surface area contributed by atoms with Gasteiger partial charge in [-0.1, -0.05) is 12.1 Å². The predicted octanol–water partition coefficient (Wildman–Crippen LogP) is 1.02. The fourth-order valence-corrected chi connectivity index (χ4v) is 2.58. The number of methoxy groups -OCH3 is 1. The summed E-state index contributed by atoms with van der Waals surface area (Å²) < 4.78 is 5.10. The third kappa shape index (κ3) is 5.53. The number of hydrogen-bond donors (Lipinski definition) is 2. The average Bonchev–Trinajstić information content (AvgIpc) is 3.37. The van der Waals surface area contributed by atoms with Crippen molar-refractivity contribution in [2.75, 3.05) is 34.3 Å². The Morgan fingerprint density at radius 3 is 2.33 bits per heavy atom. The summed E-state index contributed by atoms with van der Waals surface area (Å²) in [4.78, 5) is 26.2. The highest BCUT2D eigenvalue weighted by atomic mass is 16.5. The second kappa shape index (κ2) is 8.68. The summed E-state index contributed by atoms with van der Waals surface area (Å²) >= 11 is 0. The van der Waals surface area contributed by atoms with Crippen molar-refractivity contribution in [2.24, 2.45) is 11.8 Å². The van der Waals surface area contributed by atoms with Gasteiger partial charge in [-0.15, -0.1) is 0 Å². The van der Waals surface area contributed by atoms with E-state index in [1.807, 2.05) is 38.4 Å². The predicted molar refractivity (Wildman–Crippen MR) is 92.6 cm³/mol. The van der Waals surface area contributed by atoms with Gasteiger partial charge < -0.3 is 20.3 Å². The van der Waals surface area contributed by atoms with Gasteiger partial charge in [-0.25, -0.2) is 0 Å². The van der Waals surface area contributed by atoms with Crippen LogP contribution in [0.25, 0.3) is 0 Å².